The van der Waals surface area contributed by atoms with Gasteiger partial charge in [0.2, 0.25) is 5.91 Å². The maximum absolute atomic E-state index is 12.5. The summed E-state index contributed by atoms with van der Waals surface area (Å²) in [7, 11) is 1.94. The van der Waals surface area contributed by atoms with Gasteiger partial charge in [-0.3, -0.25) is 9.69 Å². The molecular formula is C20H26N2O2. The third-order valence-electron chi connectivity index (χ3n) is 3.82. The smallest absolute Gasteiger partial charge is 0.241 e. The number of ether oxygens (including phenoxy) is 1. The predicted octanol–water partition coefficient (Wildman–Crippen LogP) is 3.36. The number of anilines is 1. The third-order valence-corrected chi connectivity index (χ3v) is 3.82. The van der Waals surface area contributed by atoms with Crippen LogP contribution in [0.15, 0.2) is 54.6 Å². The summed E-state index contributed by atoms with van der Waals surface area (Å²) < 4.78 is 5.74. The molecule has 0 fully saturated rings. The molecule has 2 rings (SSSR count). The second-order valence-electron chi connectivity index (χ2n) is 5.88. The van der Waals surface area contributed by atoms with E-state index in [4.69, 9.17) is 4.74 Å². The molecule has 0 saturated heterocycles. The number of carbonyl (C=O) groups is 1. The summed E-state index contributed by atoms with van der Waals surface area (Å²) in [6.45, 7) is 6.33. The molecule has 0 aliphatic carbocycles. The topological polar surface area (TPSA) is 32.8 Å². The fourth-order valence-corrected chi connectivity index (χ4v) is 2.53. The van der Waals surface area contributed by atoms with E-state index in [1.807, 2.05) is 80.4 Å². The summed E-state index contributed by atoms with van der Waals surface area (Å²) in [5, 5.41) is 0. The summed E-state index contributed by atoms with van der Waals surface area (Å²) in [5.74, 6) is 0.968. The van der Waals surface area contributed by atoms with Gasteiger partial charge in [0.15, 0.2) is 0 Å². The Balaban J connectivity index is 1.80. The van der Waals surface area contributed by atoms with Gasteiger partial charge in [-0.2, -0.15) is 0 Å². The van der Waals surface area contributed by atoms with Crippen molar-refractivity contribution in [2.75, 3.05) is 38.2 Å². The van der Waals surface area contributed by atoms with Crippen molar-refractivity contribution in [2.45, 2.75) is 13.8 Å². The molecule has 24 heavy (non-hydrogen) atoms. The van der Waals surface area contributed by atoms with Gasteiger partial charge in [-0.1, -0.05) is 30.3 Å². The first-order chi connectivity index (χ1) is 11.6. The van der Waals surface area contributed by atoms with Crippen LogP contribution in [0.2, 0.25) is 0 Å². The molecule has 0 spiro atoms. The number of likely N-dealkylation sites (N-methyl/N-ethyl adjacent to an activating group) is 2. The van der Waals surface area contributed by atoms with E-state index in [0.29, 0.717) is 26.2 Å². The zero-order chi connectivity index (χ0) is 17.4. The van der Waals surface area contributed by atoms with Crippen LogP contribution >= 0.6 is 0 Å². The number of rotatable bonds is 8. The van der Waals surface area contributed by atoms with E-state index in [1.165, 1.54) is 5.56 Å². The van der Waals surface area contributed by atoms with Crippen LogP contribution < -0.4 is 9.64 Å². The van der Waals surface area contributed by atoms with Gasteiger partial charge in [-0.15, -0.1) is 0 Å². The van der Waals surface area contributed by atoms with E-state index in [0.717, 1.165) is 11.4 Å². The second-order valence-corrected chi connectivity index (χ2v) is 5.88. The lowest BCUT2D eigenvalue weighted by Gasteiger charge is -2.24. The van der Waals surface area contributed by atoms with Crippen molar-refractivity contribution >= 4 is 11.6 Å². The Morgan fingerprint density at radius 1 is 1.08 bits per heavy atom. The van der Waals surface area contributed by atoms with Crippen molar-refractivity contribution < 1.29 is 9.53 Å². The van der Waals surface area contributed by atoms with Crippen LogP contribution in [-0.2, 0) is 4.79 Å². The number of amides is 1. The monoisotopic (exact) mass is 326 g/mol. The highest BCUT2D eigenvalue weighted by Gasteiger charge is 2.15. The fourth-order valence-electron chi connectivity index (χ4n) is 2.53. The zero-order valence-corrected chi connectivity index (χ0v) is 14.7. The van der Waals surface area contributed by atoms with Gasteiger partial charge in [0.25, 0.3) is 0 Å². The lowest BCUT2D eigenvalue weighted by Crippen LogP contribution is -2.40. The molecule has 0 aliphatic heterocycles. The number of hydrogen-bond acceptors (Lipinski definition) is 3. The molecule has 1 amide bonds. The first kappa shape index (κ1) is 18.0. The molecule has 0 radical (unpaired) electrons. The molecule has 0 atom stereocenters. The highest BCUT2D eigenvalue weighted by atomic mass is 16.5. The molecule has 0 N–H and O–H groups in total. The van der Waals surface area contributed by atoms with Crippen LogP contribution in [0.25, 0.3) is 0 Å². The standard InChI is InChI=1S/C20H26N2O2/c1-4-22(18-10-6-5-7-11-18)20(23)16-21(3)13-14-24-19-12-8-9-17(2)15-19/h5-12,15H,4,13-14,16H2,1-3H3. The summed E-state index contributed by atoms with van der Waals surface area (Å²) in [4.78, 5) is 16.3. The summed E-state index contributed by atoms with van der Waals surface area (Å²) in [6, 6.07) is 17.8. The minimum absolute atomic E-state index is 0.0988. The number of para-hydroxylation sites is 1. The average Bonchev–Trinajstić information content (AvgIpc) is 2.56. The first-order valence-electron chi connectivity index (χ1n) is 8.33. The SMILES string of the molecule is CCN(C(=O)CN(C)CCOc1cccc(C)c1)c1ccccc1. The molecule has 4 heteroatoms. The van der Waals surface area contributed by atoms with Gasteiger partial charge in [0.05, 0.1) is 6.54 Å². The third kappa shape index (κ3) is 5.39. The Bertz CT molecular complexity index is 643. The van der Waals surface area contributed by atoms with Gasteiger partial charge in [-0.25, -0.2) is 0 Å². The molecule has 0 aromatic heterocycles. The molecule has 0 aliphatic rings. The molecule has 0 unspecified atom stereocenters. The highest BCUT2D eigenvalue weighted by molar-refractivity contribution is 5.94. The van der Waals surface area contributed by atoms with E-state index < -0.39 is 0 Å². The normalized spacial score (nSPS) is 10.7. The predicted molar refractivity (Wildman–Crippen MR) is 98.6 cm³/mol. The van der Waals surface area contributed by atoms with Crippen molar-refractivity contribution in [2.24, 2.45) is 0 Å². The van der Waals surface area contributed by atoms with E-state index in [1.54, 1.807) is 4.90 Å². The Hall–Kier alpha value is -2.33. The maximum Gasteiger partial charge on any atom is 0.241 e. The highest BCUT2D eigenvalue weighted by Crippen LogP contribution is 2.14. The molecule has 4 nitrogen and oxygen atoms in total. The quantitative estimate of drug-likeness (QED) is 0.746. The minimum atomic E-state index is 0.0988. The Labute approximate surface area is 144 Å². The summed E-state index contributed by atoms with van der Waals surface area (Å²) >= 11 is 0. The molecule has 0 saturated carbocycles. The molecule has 0 bridgehead atoms. The summed E-state index contributed by atoms with van der Waals surface area (Å²) in [5.41, 5.74) is 2.12. The van der Waals surface area contributed by atoms with Crippen LogP contribution in [0.1, 0.15) is 12.5 Å². The van der Waals surface area contributed by atoms with Crippen LogP contribution in [0.5, 0.6) is 5.75 Å². The van der Waals surface area contributed by atoms with Crippen molar-refractivity contribution in [1.82, 2.24) is 4.90 Å². The van der Waals surface area contributed by atoms with Gasteiger partial charge < -0.3 is 9.64 Å². The van der Waals surface area contributed by atoms with E-state index in [2.05, 4.69) is 0 Å². The van der Waals surface area contributed by atoms with E-state index in [-0.39, 0.29) is 5.91 Å². The minimum Gasteiger partial charge on any atom is -0.492 e. The van der Waals surface area contributed by atoms with Crippen molar-refractivity contribution in [3.63, 3.8) is 0 Å². The molecule has 2 aromatic rings. The molecular weight excluding hydrogens is 300 g/mol. The lowest BCUT2D eigenvalue weighted by molar-refractivity contribution is -0.119. The first-order valence-corrected chi connectivity index (χ1v) is 8.33. The van der Waals surface area contributed by atoms with Crippen LogP contribution in [0.4, 0.5) is 5.69 Å². The Kier molecular flexibility index (Phi) is 6.82. The van der Waals surface area contributed by atoms with Crippen LogP contribution in [0.3, 0.4) is 0 Å². The van der Waals surface area contributed by atoms with Crippen LogP contribution in [-0.4, -0.2) is 44.1 Å². The van der Waals surface area contributed by atoms with Crippen LogP contribution in [0, 0.1) is 6.92 Å². The van der Waals surface area contributed by atoms with Gasteiger partial charge >= 0.3 is 0 Å². The average molecular weight is 326 g/mol. The number of hydrogen-bond donors (Lipinski definition) is 0. The largest absolute Gasteiger partial charge is 0.492 e. The van der Waals surface area contributed by atoms with E-state index in [9.17, 15) is 4.79 Å². The van der Waals surface area contributed by atoms with Crippen molar-refractivity contribution in [3.8, 4) is 5.75 Å². The number of aryl methyl sites for hydroxylation is 1. The Morgan fingerprint density at radius 3 is 2.50 bits per heavy atom. The summed E-state index contributed by atoms with van der Waals surface area (Å²) in [6.07, 6.45) is 0. The van der Waals surface area contributed by atoms with Gasteiger partial charge in [-0.05, 0) is 50.7 Å². The lowest BCUT2D eigenvalue weighted by atomic mass is 10.2. The van der Waals surface area contributed by atoms with Gasteiger partial charge in [0, 0.05) is 18.8 Å². The molecule has 128 valence electrons. The second kappa shape index (κ2) is 9.08. The zero-order valence-electron chi connectivity index (χ0n) is 14.7. The fraction of sp³-hybridized carbons (Fsp3) is 0.350. The van der Waals surface area contributed by atoms with Gasteiger partial charge in [0.1, 0.15) is 12.4 Å². The Morgan fingerprint density at radius 2 is 1.83 bits per heavy atom. The van der Waals surface area contributed by atoms with E-state index >= 15 is 0 Å². The van der Waals surface area contributed by atoms with Crippen molar-refractivity contribution in [1.29, 1.82) is 0 Å². The molecule has 2 aromatic carbocycles. The number of carbonyl (C=O) groups excluding carboxylic acids is 1. The maximum atomic E-state index is 12.5. The molecule has 0 heterocycles. The number of nitrogens with zero attached hydrogens (tertiary/aromatic N) is 2. The van der Waals surface area contributed by atoms with Crippen molar-refractivity contribution in [3.05, 3.63) is 60.2 Å². The number of benzene rings is 2.